The van der Waals surface area contributed by atoms with Crippen LogP contribution in [-0.4, -0.2) is 34.2 Å². The van der Waals surface area contributed by atoms with E-state index in [1.54, 1.807) is 17.4 Å². The lowest BCUT2D eigenvalue weighted by molar-refractivity contribution is 0.0947. The van der Waals surface area contributed by atoms with Crippen LogP contribution in [0.1, 0.15) is 86.1 Å². The molecule has 0 spiro atoms. The second kappa shape index (κ2) is 14.8. The van der Waals surface area contributed by atoms with Crippen molar-refractivity contribution in [1.82, 2.24) is 15.1 Å². The molecule has 0 saturated heterocycles. The van der Waals surface area contributed by atoms with E-state index in [0.717, 1.165) is 27.4 Å². The topological polar surface area (TPSA) is 102 Å². The molecule has 1 heterocycles. The Morgan fingerprint density at radius 1 is 1.03 bits per heavy atom. The second-order valence-corrected chi connectivity index (χ2v) is 12.0. The summed E-state index contributed by atoms with van der Waals surface area (Å²) >= 11 is 1.62. The van der Waals surface area contributed by atoms with Gasteiger partial charge >= 0.3 is 0 Å². The van der Waals surface area contributed by atoms with Gasteiger partial charge in [-0.25, -0.2) is 4.68 Å². The molecule has 1 fully saturated rings. The van der Waals surface area contributed by atoms with Crippen LogP contribution in [0.5, 0.6) is 0 Å². The Bertz CT molecular complexity index is 1280. The van der Waals surface area contributed by atoms with Gasteiger partial charge in [0.15, 0.2) is 0 Å². The number of aromatic nitrogens is 2. The third-order valence-corrected chi connectivity index (χ3v) is 7.61. The number of nitrogens with zero attached hydrogens (tertiary/aromatic N) is 3. The van der Waals surface area contributed by atoms with Gasteiger partial charge in [-0.2, -0.15) is 5.10 Å². The molecule has 1 aromatic heterocycles. The van der Waals surface area contributed by atoms with Crippen molar-refractivity contribution in [2.75, 3.05) is 6.54 Å². The average molecular weight is 550 g/mol. The Morgan fingerprint density at radius 2 is 1.69 bits per heavy atom. The largest absolute Gasteiger partial charge is 0.366 e. The average Bonchev–Trinajstić information content (AvgIpc) is 3.28. The third-order valence-electron chi connectivity index (χ3n) is 6.55. The summed E-state index contributed by atoms with van der Waals surface area (Å²) in [6.45, 7) is 9.11. The normalized spacial score (nSPS) is 14.3. The lowest BCUT2D eigenvalue weighted by atomic mass is 9.96. The van der Waals surface area contributed by atoms with Crippen LogP contribution in [0.25, 0.3) is 10.6 Å². The van der Waals surface area contributed by atoms with E-state index < -0.39 is 0 Å². The molecule has 2 amide bonds. The smallest absolute Gasteiger partial charge is 0.251 e. The van der Waals surface area contributed by atoms with Crippen molar-refractivity contribution >= 4 is 23.2 Å². The van der Waals surface area contributed by atoms with Crippen LogP contribution >= 0.6 is 11.3 Å². The SMILES string of the molecule is CC(C)CNC(=O)c1ccc(-c2nn(C)c(=NC3CCCCC3)s2)cc1.CC(C)Cc1ccccc1C(N)=O. The number of carbonyl (C=O) groups is 2. The van der Waals surface area contributed by atoms with Crippen molar-refractivity contribution in [1.29, 1.82) is 0 Å². The standard InChI is InChI=1S/C20H28N4OS.C11H15NO/c1-14(2)13-21-18(25)15-9-11-16(12-10-15)19-23-24(3)20(26-19)22-17-7-5-4-6-8-17;1-8(2)7-9-5-3-4-6-10(9)11(12)13/h9-12,14,17H,4-8,13H2,1-3H3,(H,21,25);3-6,8H,7H2,1-2H3,(H2,12,13). The molecule has 0 unspecified atom stereocenters. The van der Waals surface area contributed by atoms with Crippen molar-refractivity contribution in [2.45, 2.75) is 72.3 Å². The fourth-order valence-corrected chi connectivity index (χ4v) is 5.45. The Hall–Kier alpha value is -3.26. The Morgan fingerprint density at radius 3 is 2.31 bits per heavy atom. The molecule has 39 heavy (non-hydrogen) atoms. The predicted molar refractivity (Wildman–Crippen MR) is 160 cm³/mol. The van der Waals surface area contributed by atoms with Crippen molar-refractivity contribution in [2.24, 2.45) is 29.6 Å². The molecule has 0 radical (unpaired) electrons. The highest BCUT2D eigenvalue weighted by Gasteiger charge is 2.14. The van der Waals surface area contributed by atoms with Gasteiger partial charge in [-0.05, 0) is 54.9 Å². The zero-order valence-electron chi connectivity index (χ0n) is 23.9. The zero-order chi connectivity index (χ0) is 28.4. The van der Waals surface area contributed by atoms with Crippen LogP contribution in [0.3, 0.4) is 0 Å². The summed E-state index contributed by atoms with van der Waals surface area (Å²) in [5.41, 5.74) is 8.65. The van der Waals surface area contributed by atoms with E-state index in [1.807, 2.05) is 54.2 Å². The summed E-state index contributed by atoms with van der Waals surface area (Å²) in [5.74, 6) is 0.625. The Balaban J connectivity index is 0.000000272. The van der Waals surface area contributed by atoms with Crippen molar-refractivity contribution in [3.8, 4) is 10.6 Å². The van der Waals surface area contributed by atoms with Crippen molar-refractivity contribution in [3.63, 3.8) is 0 Å². The van der Waals surface area contributed by atoms with E-state index in [1.165, 1.54) is 32.1 Å². The van der Waals surface area contributed by atoms with Crippen molar-refractivity contribution in [3.05, 3.63) is 70.0 Å². The van der Waals surface area contributed by atoms with E-state index in [0.29, 0.717) is 35.5 Å². The molecule has 1 saturated carbocycles. The van der Waals surface area contributed by atoms with Gasteiger partial charge in [0.25, 0.3) is 5.91 Å². The summed E-state index contributed by atoms with van der Waals surface area (Å²) in [7, 11) is 1.95. The number of hydrogen-bond donors (Lipinski definition) is 2. The molecule has 0 atom stereocenters. The maximum absolute atomic E-state index is 12.1. The molecule has 1 aliphatic carbocycles. The minimum absolute atomic E-state index is 0.0251. The minimum atomic E-state index is -0.337. The molecule has 0 aliphatic heterocycles. The van der Waals surface area contributed by atoms with Crippen LogP contribution in [-0.2, 0) is 13.5 Å². The van der Waals surface area contributed by atoms with Gasteiger partial charge in [-0.1, -0.05) is 88.6 Å². The number of aryl methyl sites for hydroxylation is 1. The fourth-order valence-electron chi connectivity index (χ4n) is 4.49. The van der Waals surface area contributed by atoms with Gasteiger partial charge in [-0.3, -0.25) is 14.6 Å². The van der Waals surface area contributed by atoms with Crippen molar-refractivity contribution < 1.29 is 9.59 Å². The highest BCUT2D eigenvalue weighted by molar-refractivity contribution is 7.12. The first-order valence-electron chi connectivity index (χ1n) is 14.0. The van der Waals surface area contributed by atoms with Crippen LogP contribution in [0.15, 0.2) is 53.5 Å². The second-order valence-electron chi connectivity index (χ2n) is 11.0. The highest BCUT2D eigenvalue weighted by atomic mass is 32.1. The number of carbonyl (C=O) groups excluding carboxylic acids is 2. The van der Waals surface area contributed by atoms with Crippen LogP contribution in [0.2, 0.25) is 0 Å². The molecule has 3 aromatic rings. The first-order chi connectivity index (χ1) is 18.6. The van der Waals surface area contributed by atoms with Crippen LogP contribution in [0.4, 0.5) is 0 Å². The van der Waals surface area contributed by atoms with E-state index in [2.05, 4.69) is 38.1 Å². The molecule has 4 rings (SSSR count). The van der Waals surface area contributed by atoms with Gasteiger partial charge in [-0.15, -0.1) is 0 Å². The predicted octanol–water partition coefficient (Wildman–Crippen LogP) is 5.75. The van der Waals surface area contributed by atoms with Gasteiger partial charge in [0.05, 0.1) is 6.04 Å². The molecule has 8 heteroatoms. The number of hydrogen-bond acceptors (Lipinski definition) is 5. The molecule has 0 bridgehead atoms. The van der Waals surface area contributed by atoms with E-state index in [4.69, 9.17) is 10.7 Å². The molecule has 210 valence electrons. The molecule has 1 aliphatic rings. The molecule has 7 nitrogen and oxygen atoms in total. The Labute approximate surface area is 236 Å². The highest BCUT2D eigenvalue weighted by Crippen LogP contribution is 2.22. The summed E-state index contributed by atoms with van der Waals surface area (Å²) in [4.78, 5) is 29.0. The maximum Gasteiger partial charge on any atom is 0.251 e. The van der Waals surface area contributed by atoms with Gasteiger partial charge in [0, 0.05) is 30.3 Å². The van der Waals surface area contributed by atoms with Gasteiger partial charge < -0.3 is 11.1 Å². The maximum atomic E-state index is 12.1. The number of benzene rings is 2. The minimum Gasteiger partial charge on any atom is -0.366 e. The van der Waals surface area contributed by atoms with Crippen LogP contribution < -0.4 is 15.9 Å². The fraction of sp³-hybridized carbons (Fsp3) is 0.484. The molecule has 3 N–H and O–H groups in total. The Kier molecular flexibility index (Phi) is 11.5. The summed E-state index contributed by atoms with van der Waals surface area (Å²) in [5, 5.41) is 8.51. The monoisotopic (exact) mass is 549 g/mol. The number of amides is 2. The third kappa shape index (κ3) is 9.46. The number of rotatable bonds is 8. The number of nitrogens with two attached hydrogens (primary N) is 1. The lowest BCUT2D eigenvalue weighted by Crippen LogP contribution is -2.27. The molecule has 2 aromatic carbocycles. The van der Waals surface area contributed by atoms with Crippen LogP contribution in [0, 0.1) is 11.8 Å². The summed E-state index contributed by atoms with van der Waals surface area (Å²) < 4.78 is 1.87. The molecular weight excluding hydrogens is 506 g/mol. The first kappa shape index (κ1) is 30.3. The first-order valence-corrected chi connectivity index (χ1v) is 14.8. The van der Waals surface area contributed by atoms with E-state index in [-0.39, 0.29) is 11.8 Å². The molecular formula is C31H43N5O2S. The number of nitrogens with one attached hydrogen (secondary N) is 1. The summed E-state index contributed by atoms with van der Waals surface area (Å²) in [6, 6.07) is 15.6. The number of primary amides is 1. The van der Waals surface area contributed by atoms with E-state index in [9.17, 15) is 9.59 Å². The zero-order valence-corrected chi connectivity index (χ0v) is 24.8. The summed E-state index contributed by atoms with van der Waals surface area (Å²) in [6.07, 6.45) is 7.18. The quantitative estimate of drug-likeness (QED) is 0.374. The van der Waals surface area contributed by atoms with Gasteiger partial charge in [0.2, 0.25) is 10.7 Å². The lowest BCUT2D eigenvalue weighted by Gasteiger charge is -2.16. The van der Waals surface area contributed by atoms with Gasteiger partial charge in [0.1, 0.15) is 5.01 Å². The van der Waals surface area contributed by atoms with E-state index >= 15 is 0 Å².